The standard InChI is InChI=1S/C23H27ClN8O2S/c1-13(6-8-34-22-15(11-28-32(22)4)20-26-7-5-19(25)31-20)29-16-9-18(24)27-10-14(16)21-30-17(12-35-21)23(2,3)33/h5,7,9-13,33H,6,8H2,1-4H3,(H,27,29)(H2,25,26,31)/t13-/m0/s1. The van der Waals surface area contributed by atoms with Gasteiger partial charge in [0.15, 0.2) is 5.82 Å². The smallest absolute Gasteiger partial charge is 0.222 e. The Bertz CT molecular complexity index is 1320. The lowest BCUT2D eigenvalue weighted by molar-refractivity contribution is 0.0746. The molecule has 10 nitrogen and oxygen atoms in total. The Labute approximate surface area is 212 Å². The molecule has 0 fully saturated rings. The molecule has 0 aromatic carbocycles. The van der Waals surface area contributed by atoms with Gasteiger partial charge in [0.2, 0.25) is 5.88 Å². The number of halogens is 1. The molecule has 184 valence electrons. The van der Waals surface area contributed by atoms with Crippen molar-refractivity contribution in [1.29, 1.82) is 0 Å². The molecule has 4 aromatic heterocycles. The SMILES string of the molecule is C[C@@H](CCOc1c(-c2nccc(N)n2)cnn1C)Nc1cc(Cl)ncc1-c1nc(C(C)(C)O)cs1. The molecule has 12 heteroatoms. The predicted molar refractivity (Wildman–Crippen MR) is 137 cm³/mol. The van der Waals surface area contributed by atoms with Crippen LogP contribution in [-0.2, 0) is 12.6 Å². The van der Waals surface area contributed by atoms with E-state index in [1.54, 1.807) is 56.3 Å². The number of anilines is 2. The van der Waals surface area contributed by atoms with Crippen LogP contribution in [0.5, 0.6) is 5.88 Å². The van der Waals surface area contributed by atoms with Crippen molar-refractivity contribution in [3.63, 3.8) is 0 Å². The number of aliphatic hydroxyl groups is 1. The summed E-state index contributed by atoms with van der Waals surface area (Å²) in [6.45, 7) is 5.90. The topological polar surface area (TPSA) is 137 Å². The molecule has 0 aliphatic heterocycles. The van der Waals surface area contributed by atoms with Gasteiger partial charge in [0.1, 0.15) is 27.1 Å². The maximum atomic E-state index is 10.3. The molecule has 0 spiro atoms. The number of pyridine rings is 1. The van der Waals surface area contributed by atoms with Crippen LogP contribution in [0.2, 0.25) is 5.15 Å². The van der Waals surface area contributed by atoms with E-state index in [1.165, 1.54) is 11.3 Å². The second-order valence-electron chi connectivity index (χ2n) is 8.62. The van der Waals surface area contributed by atoms with Crippen LogP contribution in [0.4, 0.5) is 11.5 Å². The Hall–Kier alpha value is -3.28. The molecule has 4 rings (SSSR count). The highest BCUT2D eigenvalue weighted by atomic mass is 35.5. The summed E-state index contributed by atoms with van der Waals surface area (Å²) < 4.78 is 7.70. The van der Waals surface area contributed by atoms with E-state index in [1.807, 2.05) is 5.38 Å². The fraction of sp³-hybridized carbons (Fsp3) is 0.348. The number of nitrogens with two attached hydrogens (primary N) is 1. The van der Waals surface area contributed by atoms with Crippen LogP contribution in [0.15, 0.2) is 36.1 Å². The minimum absolute atomic E-state index is 0.0428. The largest absolute Gasteiger partial charge is 0.477 e. The van der Waals surface area contributed by atoms with Crippen molar-refractivity contribution in [1.82, 2.24) is 29.7 Å². The Kier molecular flexibility index (Phi) is 7.20. The lowest BCUT2D eigenvalue weighted by atomic mass is 10.1. The number of nitrogen functional groups attached to an aromatic ring is 1. The van der Waals surface area contributed by atoms with Gasteiger partial charge in [-0.2, -0.15) is 5.10 Å². The van der Waals surface area contributed by atoms with Gasteiger partial charge in [0.05, 0.1) is 24.1 Å². The highest BCUT2D eigenvalue weighted by Gasteiger charge is 2.22. The Morgan fingerprint density at radius 2 is 2.06 bits per heavy atom. The van der Waals surface area contributed by atoms with E-state index in [0.717, 1.165) is 16.3 Å². The predicted octanol–water partition coefficient (Wildman–Crippen LogP) is 4.13. The number of ether oxygens (including phenoxy) is 1. The monoisotopic (exact) mass is 514 g/mol. The van der Waals surface area contributed by atoms with Gasteiger partial charge in [0, 0.05) is 43.0 Å². The number of rotatable bonds is 9. The number of aromatic nitrogens is 6. The van der Waals surface area contributed by atoms with Gasteiger partial charge < -0.3 is 20.9 Å². The second-order valence-corrected chi connectivity index (χ2v) is 9.87. The zero-order chi connectivity index (χ0) is 25.2. The third-order valence-corrected chi connectivity index (χ3v) is 6.31. The minimum atomic E-state index is -1.02. The summed E-state index contributed by atoms with van der Waals surface area (Å²) in [5.74, 6) is 1.41. The third-order valence-electron chi connectivity index (χ3n) is 5.23. The number of hydrogen-bond acceptors (Lipinski definition) is 10. The first-order valence-electron chi connectivity index (χ1n) is 11.0. The maximum Gasteiger partial charge on any atom is 0.222 e. The van der Waals surface area contributed by atoms with Gasteiger partial charge in [-0.05, 0) is 32.9 Å². The molecule has 0 bridgehead atoms. The first-order valence-corrected chi connectivity index (χ1v) is 12.2. The summed E-state index contributed by atoms with van der Waals surface area (Å²) in [6, 6.07) is 3.45. The van der Waals surface area contributed by atoms with Crippen molar-refractivity contribution in [2.24, 2.45) is 7.05 Å². The molecule has 4 aromatic rings. The molecule has 0 aliphatic rings. The molecule has 0 saturated heterocycles. The number of hydrogen-bond donors (Lipinski definition) is 3. The van der Waals surface area contributed by atoms with E-state index in [2.05, 4.69) is 37.3 Å². The van der Waals surface area contributed by atoms with Crippen molar-refractivity contribution in [3.8, 4) is 27.8 Å². The quantitative estimate of drug-likeness (QED) is 0.281. The Balaban J connectivity index is 1.44. The molecule has 0 amide bonds. The highest BCUT2D eigenvalue weighted by molar-refractivity contribution is 7.13. The summed E-state index contributed by atoms with van der Waals surface area (Å²) in [4.78, 5) is 17.3. The lowest BCUT2D eigenvalue weighted by Gasteiger charge is -2.18. The van der Waals surface area contributed by atoms with Gasteiger partial charge in [-0.25, -0.2) is 24.6 Å². The third kappa shape index (κ3) is 5.87. The van der Waals surface area contributed by atoms with E-state index < -0.39 is 5.60 Å². The second kappa shape index (κ2) is 10.1. The molecule has 35 heavy (non-hydrogen) atoms. The van der Waals surface area contributed by atoms with Crippen molar-refractivity contribution in [3.05, 3.63) is 47.0 Å². The number of aryl methyl sites for hydroxylation is 1. The van der Waals surface area contributed by atoms with Gasteiger partial charge in [-0.15, -0.1) is 11.3 Å². The van der Waals surface area contributed by atoms with Crippen LogP contribution < -0.4 is 15.8 Å². The van der Waals surface area contributed by atoms with Crippen LogP contribution in [0.3, 0.4) is 0 Å². The number of thiazole rings is 1. The number of nitrogens with zero attached hydrogens (tertiary/aromatic N) is 6. The van der Waals surface area contributed by atoms with Crippen molar-refractivity contribution < 1.29 is 9.84 Å². The maximum absolute atomic E-state index is 10.3. The normalized spacial score (nSPS) is 12.5. The van der Waals surface area contributed by atoms with Crippen molar-refractivity contribution in [2.45, 2.75) is 38.8 Å². The van der Waals surface area contributed by atoms with E-state index >= 15 is 0 Å². The zero-order valence-electron chi connectivity index (χ0n) is 19.9. The molecule has 4 N–H and O–H groups in total. The average Bonchev–Trinajstić information content (AvgIpc) is 3.42. The number of nitrogens with one attached hydrogen (secondary N) is 1. The molecule has 0 saturated carbocycles. The molecule has 0 aliphatic carbocycles. The minimum Gasteiger partial charge on any atom is -0.477 e. The summed E-state index contributed by atoms with van der Waals surface area (Å²) >= 11 is 7.62. The van der Waals surface area contributed by atoms with Crippen LogP contribution in [0.25, 0.3) is 22.0 Å². The Morgan fingerprint density at radius 3 is 2.77 bits per heavy atom. The van der Waals surface area contributed by atoms with Crippen LogP contribution in [0, 0.1) is 0 Å². The fourth-order valence-corrected chi connectivity index (χ4v) is 4.48. The van der Waals surface area contributed by atoms with Crippen LogP contribution >= 0.6 is 22.9 Å². The molecule has 1 atom stereocenters. The van der Waals surface area contributed by atoms with Crippen molar-refractivity contribution in [2.75, 3.05) is 17.7 Å². The highest BCUT2D eigenvalue weighted by Crippen LogP contribution is 2.34. The molecular formula is C23H27ClN8O2S. The van der Waals surface area contributed by atoms with Gasteiger partial charge in [0.25, 0.3) is 0 Å². The first-order chi connectivity index (χ1) is 16.6. The molecular weight excluding hydrogens is 488 g/mol. The van der Waals surface area contributed by atoms with Gasteiger partial charge in [-0.1, -0.05) is 11.6 Å². The van der Waals surface area contributed by atoms with Gasteiger partial charge in [-0.3, -0.25) is 0 Å². The first kappa shape index (κ1) is 24.8. The van der Waals surface area contributed by atoms with E-state index in [4.69, 9.17) is 22.1 Å². The van der Waals surface area contributed by atoms with E-state index in [9.17, 15) is 5.11 Å². The van der Waals surface area contributed by atoms with E-state index in [-0.39, 0.29) is 6.04 Å². The zero-order valence-corrected chi connectivity index (χ0v) is 21.4. The summed E-state index contributed by atoms with van der Waals surface area (Å²) in [5.41, 5.74) is 7.68. The van der Waals surface area contributed by atoms with E-state index in [0.29, 0.717) is 47.0 Å². The lowest BCUT2D eigenvalue weighted by Crippen LogP contribution is -2.19. The summed E-state index contributed by atoms with van der Waals surface area (Å²) in [5, 5.41) is 21.0. The molecule has 0 radical (unpaired) electrons. The fourth-order valence-electron chi connectivity index (χ4n) is 3.32. The van der Waals surface area contributed by atoms with Crippen LogP contribution in [-0.4, -0.2) is 47.5 Å². The molecule has 0 unspecified atom stereocenters. The Morgan fingerprint density at radius 1 is 1.26 bits per heavy atom. The van der Waals surface area contributed by atoms with Gasteiger partial charge >= 0.3 is 0 Å². The molecule has 4 heterocycles. The summed E-state index contributed by atoms with van der Waals surface area (Å²) in [6.07, 6.45) is 5.64. The average molecular weight is 515 g/mol. The van der Waals surface area contributed by atoms with Crippen molar-refractivity contribution >= 4 is 34.4 Å². The summed E-state index contributed by atoms with van der Waals surface area (Å²) in [7, 11) is 1.80. The van der Waals surface area contributed by atoms with Crippen LogP contribution in [0.1, 0.15) is 32.9 Å².